The molecule has 25 heavy (non-hydrogen) atoms. The minimum absolute atomic E-state index is 0.0192. The van der Waals surface area contributed by atoms with E-state index >= 15 is 0 Å². The topological polar surface area (TPSA) is 68.1 Å². The summed E-state index contributed by atoms with van der Waals surface area (Å²) in [5, 5.41) is 4.16. The second-order valence-corrected chi connectivity index (χ2v) is 6.70. The van der Waals surface area contributed by atoms with Crippen molar-refractivity contribution in [3.8, 4) is 0 Å². The number of nitrogens with zero attached hydrogens (tertiary/aromatic N) is 4. The minimum atomic E-state index is -0.234. The van der Waals surface area contributed by atoms with Gasteiger partial charge in [0.1, 0.15) is 6.54 Å². The van der Waals surface area contributed by atoms with E-state index in [4.69, 9.17) is 0 Å². The third-order valence-electron chi connectivity index (χ3n) is 4.71. The number of rotatable bonds is 5. The average molecular weight is 340 g/mol. The van der Waals surface area contributed by atoms with Crippen LogP contribution in [-0.2, 0) is 17.8 Å². The van der Waals surface area contributed by atoms with Gasteiger partial charge in [-0.1, -0.05) is 0 Å². The number of carbonyl (C=O) groups excluding carboxylic acids is 1. The fraction of sp³-hybridized carbons (Fsp3) is 0.474. The molecule has 0 N–H and O–H groups in total. The van der Waals surface area contributed by atoms with Gasteiger partial charge in [0.2, 0.25) is 5.91 Å². The first-order chi connectivity index (χ1) is 12.0. The zero-order valence-corrected chi connectivity index (χ0v) is 14.8. The quantitative estimate of drug-likeness (QED) is 0.833. The second kappa shape index (κ2) is 7.59. The molecule has 1 fully saturated rings. The van der Waals surface area contributed by atoms with Crippen LogP contribution in [0.15, 0.2) is 35.3 Å². The molecule has 2 aromatic rings. The molecule has 0 saturated carbocycles. The molecule has 3 rings (SSSR count). The summed E-state index contributed by atoms with van der Waals surface area (Å²) in [6.07, 6.45) is 5.73. The van der Waals surface area contributed by atoms with Crippen molar-refractivity contribution in [2.45, 2.75) is 52.1 Å². The Morgan fingerprint density at radius 3 is 2.88 bits per heavy atom. The molecule has 0 unspecified atom stereocenters. The molecule has 2 aromatic heterocycles. The highest BCUT2D eigenvalue weighted by atomic mass is 16.2. The van der Waals surface area contributed by atoms with Gasteiger partial charge in [-0.05, 0) is 63.3 Å². The van der Waals surface area contributed by atoms with E-state index in [1.807, 2.05) is 31.0 Å². The highest BCUT2D eigenvalue weighted by Gasteiger charge is 2.28. The van der Waals surface area contributed by atoms with Gasteiger partial charge in [-0.3, -0.25) is 14.6 Å². The fourth-order valence-corrected chi connectivity index (χ4v) is 3.44. The lowest BCUT2D eigenvalue weighted by Crippen LogP contribution is -2.40. The van der Waals surface area contributed by atoms with Gasteiger partial charge in [0.15, 0.2) is 0 Å². The first-order valence-electron chi connectivity index (χ1n) is 8.79. The Balaban J connectivity index is 1.63. The van der Waals surface area contributed by atoms with E-state index in [1.54, 1.807) is 6.07 Å². The van der Waals surface area contributed by atoms with Crippen molar-refractivity contribution in [2.24, 2.45) is 0 Å². The molecule has 1 amide bonds. The molecule has 1 aliphatic heterocycles. The summed E-state index contributed by atoms with van der Waals surface area (Å²) in [6.45, 7) is 4.59. The van der Waals surface area contributed by atoms with Crippen LogP contribution >= 0.6 is 0 Å². The summed E-state index contributed by atoms with van der Waals surface area (Å²) in [7, 11) is 0. The first-order valence-corrected chi connectivity index (χ1v) is 8.79. The maximum absolute atomic E-state index is 12.7. The minimum Gasteiger partial charge on any atom is -0.338 e. The molecule has 0 spiro atoms. The van der Waals surface area contributed by atoms with Gasteiger partial charge < -0.3 is 4.90 Å². The number of hydrogen-bond acceptors (Lipinski definition) is 4. The number of carbonyl (C=O) groups is 1. The number of hydrogen-bond donors (Lipinski definition) is 0. The normalized spacial score (nSPS) is 17.0. The van der Waals surface area contributed by atoms with Crippen LogP contribution in [0.25, 0.3) is 0 Å². The monoisotopic (exact) mass is 340 g/mol. The summed E-state index contributed by atoms with van der Waals surface area (Å²) in [4.78, 5) is 30.7. The molecule has 6 heteroatoms. The van der Waals surface area contributed by atoms with E-state index in [0.717, 1.165) is 43.6 Å². The smallest absolute Gasteiger partial charge is 0.267 e. The highest BCUT2D eigenvalue weighted by Crippen LogP contribution is 2.22. The van der Waals surface area contributed by atoms with Gasteiger partial charge in [-0.25, -0.2) is 4.68 Å². The average Bonchev–Trinajstić information content (AvgIpc) is 3.05. The van der Waals surface area contributed by atoms with Crippen molar-refractivity contribution >= 4 is 5.91 Å². The fourth-order valence-electron chi connectivity index (χ4n) is 3.44. The number of aryl methyl sites for hydroxylation is 3. The van der Waals surface area contributed by atoms with Gasteiger partial charge in [0.05, 0.1) is 5.69 Å². The maximum atomic E-state index is 12.7. The molecule has 0 bridgehead atoms. The molecular formula is C19H24N4O2. The number of likely N-dealkylation sites (tertiary alicyclic amines) is 1. The van der Waals surface area contributed by atoms with Crippen LogP contribution in [0, 0.1) is 13.8 Å². The lowest BCUT2D eigenvalue weighted by molar-refractivity contribution is -0.133. The van der Waals surface area contributed by atoms with Gasteiger partial charge in [0, 0.05) is 30.5 Å². The Labute approximate surface area is 147 Å². The Hall–Kier alpha value is -2.50. The van der Waals surface area contributed by atoms with Crippen LogP contribution in [-0.4, -0.2) is 38.2 Å². The molecule has 1 atom stereocenters. The summed E-state index contributed by atoms with van der Waals surface area (Å²) in [5.74, 6) is -0.0198. The Bertz CT molecular complexity index is 815. The van der Waals surface area contributed by atoms with Gasteiger partial charge in [-0.15, -0.1) is 0 Å². The van der Waals surface area contributed by atoms with Crippen molar-refractivity contribution in [1.29, 1.82) is 0 Å². The van der Waals surface area contributed by atoms with E-state index in [0.29, 0.717) is 0 Å². The molecule has 132 valence electrons. The van der Waals surface area contributed by atoms with Crippen molar-refractivity contribution in [1.82, 2.24) is 19.7 Å². The molecule has 3 heterocycles. The summed E-state index contributed by atoms with van der Waals surface area (Å²) in [6, 6.07) is 7.49. The zero-order chi connectivity index (χ0) is 17.8. The molecule has 0 aliphatic carbocycles. The predicted molar refractivity (Wildman–Crippen MR) is 95.3 cm³/mol. The predicted octanol–water partition coefficient (Wildman–Crippen LogP) is 1.88. The Kier molecular flexibility index (Phi) is 5.26. The summed E-state index contributed by atoms with van der Waals surface area (Å²) >= 11 is 0. The van der Waals surface area contributed by atoms with E-state index in [2.05, 4.69) is 16.1 Å². The van der Waals surface area contributed by atoms with E-state index in [1.165, 1.54) is 16.3 Å². The van der Waals surface area contributed by atoms with Crippen LogP contribution in [0.1, 0.15) is 36.2 Å². The number of pyridine rings is 1. The van der Waals surface area contributed by atoms with E-state index in [9.17, 15) is 9.59 Å². The van der Waals surface area contributed by atoms with Crippen molar-refractivity contribution in [2.75, 3.05) is 6.54 Å². The first kappa shape index (κ1) is 17.3. The number of aromatic nitrogens is 3. The van der Waals surface area contributed by atoms with Gasteiger partial charge in [0.25, 0.3) is 5.56 Å². The summed E-state index contributed by atoms with van der Waals surface area (Å²) < 4.78 is 1.26. The third kappa shape index (κ3) is 4.32. The molecule has 6 nitrogen and oxygen atoms in total. The van der Waals surface area contributed by atoms with Gasteiger partial charge in [-0.2, -0.15) is 5.10 Å². The van der Waals surface area contributed by atoms with Crippen LogP contribution in [0.4, 0.5) is 0 Å². The van der Waals surface area contributed by atoms with Crippen LogP contribution in [0.5, 0.6) is 0 Å². The zero-order valence-electron chi connectivity index (χ0n) is 14.8. The van der Waals surface area contributed by atoms with Crippen molar-refractivity contribution in [3.05, 3.63) is 57.8 Å². The van der Waals surface area contributed by atoms with E-state index < -0.39 is 0 Å². The van der Waals surface area contributed by atoms with Crippen LogP contribution in [0.2, 0.25) is 0 Å². The maximum Gasteiger partial charge on any atom is 0.267 e. The SMILES string of the molecule is Cc1cc(CC[C@@H]2CCCN2C(=O)Cn2nc(C)ccc2=O)ccn1. The van der Waals surface area contributed by atoms with Crippen molar-refractivity contribution < 1.29 is 4.79 Å². The lowest BCUT2D eigenvalue weighted by Gasteiger charge is -2.25. The Morgan fingerprint density at radius 2 is 2.08 bits per heavy atom. The largest absolute Gasteiger partial charge is 0.338 e. The molecule has 1 saturated heterocycles. The lowest BCUT2D eigenvalue weighted by atomic mass is 10.0. The second-order valence-electron chi connectivity index (χ2n) is 6.70. The van der Waals surface area contributed by atoms with Crippen molar-refractivity contribution in [3.63, 3.8) is 0 Å². The van der Waals surface area contributed by atoms with Gasteiger partial charge >= 0.3 is 0 Å². The molecular weight excluding hydrogens is 316 g/mol. The van der Waals surface area contributed by atoms with Crippen LogP contribution < -0.4 is 5.56 Å². The standard InChI is InChI=1S/C19H24N4O2/c1-14-5-8-18(24)23(21-14)13-19(25)22-11-3-4-17(22)7-6-16-9-10-20-15(2)12-16/h5,8-10,12,17H,3-4,6-7,11,13H2,1-2H3/t17-/m0/s1. The number of amides is 1. The van der Waals surface area contributed by atoms with E-state index in [-0.39, 0.29) is 24.1 Å². The third-order valence-corrected chi connectivity index (χ3v) is 4.71. The molecule has 0 aromatic carbocycles. The highest BCUT2D eigenvalue weighted by molar-refractivity contribution is 5.76. The van der Waals surface area contributed by atoms with Crippen LogP contribution in [0.3, 0.4) is 0 Å². The Morgan fingerprint density at radius 1 is 1.24 bits per heavy atom. The molecule has 1 aliphatic rings. The molecule has 0 radical (unpaired) electrons. The summed E-state index contributed by atoms with van der Waals surface area (Å²) in [5.41, 5.74) is 2.77.